The molecular formula is C28H37NO3. The van der Waals surface area contributed by atoms with E-state index in [4.69, 9.17) is 4.42 Å². The molecule has 1 aromatic heterocycles. The summed E-state index contributed by atoms with van der Waals surface area (Å²) in [6, 6.07) is 8.49. The van der Waals surface area contributed by atoms with Crippen molar-refractivity contribution in [3.63, 3.8) is 0 Å². The smallest absolute Gasteiger partial charge is 0.289 e. The van der Waals surface area contributed by atoms with Crippen LogP contribution >= 0.6 is 0 Å². The van der Waals surface area contributed by atoms with E-state index in [2.05, 4.69) is 46.8 Å². The average Bonchev–Trinajstić information content (AvgIpc) is 3.20. The lowest BCUT2D eigenvalue weighted by Crippen LogP contribution is -2.39. The molecule has 4 heteroatoms. The molecule has 1 aromatic carbocycles. The van der Waals surface area contributed by atoms with E-state index in [0.717, 1.165) is 18.6 Å². The van der Waals surface area contributed by atoms with Crippen LogP contribution in [0, 0.1) is 12.8 Å². The van der Waals surface area contributed by atoms with Crippen LogP contribution in [0.2, 0.25) is 0 Å². The molecule has 1 amide bonds. The van der Waals surface area contributed by atoms with Gasteiger partial charge in [0.15, 0.2) is 5.76 Å². The molecule has 2 aromatic rings. The fraction of sp³-hybridized carbons (Fsp3) is 0.571. The minimum absolute atomic E-state index is 0.0664. The first-order chi connectivity index (χ1) is 15.0. The molecule has 2 aliphatic rings. The largest absolute Gasteiger partial charge is 0.456 e. The van der Waals surface area contributed by atoms with Crippen molar-refractivity contribution < 1.29 is 14.0 Å². The van der Waals surface area contributed by atoms with Crippen molar-refractivity contribution in [3.05, 3.63) is 58.0 Å². The van der Waals surface area contributed by atoms with Crippen LogP contribution in [0.3, 0.4) is 0 Å². The Morgan fingerprint density at radius 3 is 2.19 bits per heavy atom. The zero-order chi connectivity index (χ0) is 23.3. The molecule has 0 bridgehead atoms. The van der Waals surface area contributed by atoms with Crippen LogP contribution < -0.4 is 0 Å². The Kier molecular flexibility index (Phi) is 5.85. The van der Waals surface area contributed by atoms with Crippen molar-refractivity contribution in [2.24, 2.45) is 5.92 Å². The van der Waals surface area contributed by atoms with Gasteiger partial charge in [0, 0.05) is 25.4 Å². The van der Waals surface area contributed by atoms with Gasteiger partial charge < -0.3 is 9.32 Å². The molecule has 0 atom stereocenters. The number of Topliss-reactive ketones (excluding diaryl/α,β-unsaturated/α-hetero) is 1. The number of furan rings is 1. The second kappa shape index (κ2) is 8.20. The molecule has 0 spiro atoms. The summed E-state index contributed by atoms with van der Waals surface area (Å²) in [6.07, 6.45) is 4.58. The van der Waals surface area contributed by atoms with E-state index in [1.54, 1.807) is 13.0 Å². The molecule has 0 radical (unpaired) electrons. The third kappa shape index (κ3) is 4.29. The van der Waals surface area contributed by atoms with Crippen molar-refractivity contribution in [1.82, 2.24) is 4.90 Å². The predicted octanol–water partition coefficient (Wildman–Crippen LogP) is 5.97. The fourth-order valence-corrected chi connectivity index (χ4v) is 5.38. The van der Waals surface area contributed by atoms with Gasteiger partial charge in [-0.2, -0.15) is 0 Å². The van der Waals surface area contributed by atoms with Gasteiger partial charge >= 0.3 is 0 Å². The van der Waals surface area contributed by atoms with Crippen LogP contribution in [-0.4, -0.2) is 29.7 Å². The SMILES string of the molecule is CC(=O)C1CCN(C(=O)c2ccc(Cc3cc4c(cc3C)C(C)(C)CCC4(C)C)o2)CC1. The monoisotopic (exact) mass is 435 g/mol. The van der Waals surface area contributed by atoms with Crippen molar-refractivity contribution in [3.8, 4) is 0 Å². The van der Waals surface area contributed by atoms with Gasteiger partial charge in [-0.15, -0.1) is 0 Å². The molecule has 1 saturated heterocycles. The summed E-state index contributed by atoms with van der Waals surface area (Å²) in [5, 5.41) is 0. The number of nitrogens with zero attached hydrogens (tertiary/aromatic N) is 1. The molecule has 0 saturated carbocycles. The number of ketones is 1. The van der Waals surface area contributed by atoms with E-state index in [-0.39, 0.29) is 28.4 Å². The van der Waals surface area contributed by atoms with E-state index >= 15 is 0 Å². The Hall–Kier alpha value is -2.36. The quantitative estimate of drug-likeness (QED) is 0.594. The van der Waals surface area contributed by atoms with E-state index in [0.29, 0.717) is 25.3 Å². The molecule has 172 valence electrons. The van der Waals surface area contributed by atoms with Gasteiger partial charge in [-0.05, 0) is 84.7 Å². The Morgan fingerprint density at radius 2 is 1.59 bits per heavy atom. The van der Waals surface area contributed by atoms with Crippen molar-refractivity contribution >= 4 is 11.7 Å². The van der Waals surface area contributed by atoms with Gasteiger partial charge in [-0.1, -0.05) is 39.8 Å². The molecule has 1 aliphatic heterocycles. The van der Waals surface area contributed by atoms with E-state index < -0.39 is 0 Å². The van der Waals surface area contributed by atoms with Crippen LogP contribution in [-0.2, 0) is 22.0 Å². The number of carbonyl (C=O) groups is 2. The highest BCUT2D eigenvalue weighted by Crippen LogP contribution is 2.46. The Balaban J connectivity index is 1.52. The number of piperidine rings is 1. The lowest BCUT2D eigenvalue weighted by molar-refractivity contribution is -0.121. The summed E-state index contributed by atoms with van der Waals surface area (Å²) < 4.78 is 6.01. The fourth-order valence-electron chi connectivity index (χ4n) is 5.38. The van der Waals surface area contributed by atoms with Gasteiger partial charge in [0.05, 0.1) is 0 Å². The number of likely N-dealkylation sites (tertiary alicyclic amines) is 1. The Labute approximate surface area is 192 Å². The second-order valence-electron chi connectivity index (χ2n) is 11.2. The molecule has 1 aliphatic carbocycles. The minimum Gasteiger partial charge on any atom is -0.456 e. The number of fused-ring (bicyclic) bond motifs is 1. The lowest BCUT2D eigenvalue weighted by atomic mass is 9.62. The van der Waals surface area contributed by atoms with Gasteiger partial charge in [0.25, 0.3) is 5.91 Å². The summed E-state index contributed by atoms with van der Waals surface area (Å²) >= 11 is 0. The van der Waals surface area contributed by atoms with Crippen LogP contribution in [0.15, 0.2) is 28.7 Å². The number of rotatable bonds is 4. The molecule has 0 N–H and O–H groups in total. The first-order valence-electron chi connectivity index (χ1n) is 12.0. The number of aryl methyl sites for hydroxylation is 1. The maximum absolute atomic E-state index is 12.9. The van der Waals surface area contributed by atoms with Gasteiger partial charge in [0.1, 0.15) is 11.5 Å². The maximum Gasteiger partial charge on any atom is 0.289 e. The first kappa shape index (κ1) is 22.8. The van der Waals surface area contributed by atoms with Crippen molar-refractivity contribution in [2.45, 2.75) is 84.5 Å². The Bertz CT molecular complexity index is 1030. The highest BCUT2D eigenvalue weighted by molar-refractivity contribution is 5.91. The molecule has 1 fully saturated rings. The molecule has 4 nitrogen and oxygen atoms in total. The van der Waals surface area contributed by atoms with Crippen molar-refractivity contribution in [2.75, 3.05) is 13.1 Å². The Morgan fingerprint density at radius 1 is 1.00 bits per heavy atom. The third-order valence-corrected chi connectivity index (χ3v) is 7.90. The summed E-state index contributed by atoms with van der Waals surface area (Å²) in [6.45, 7) is 14.5. The predicted molar refractivity (Wildman–Crippen MR) is 127 cm³/mol. The minimum atomic E-state index is -0.0664. The molecule has 0 unspecified atom stereocenters. The van der Waals surface area contributed by atoms with E-state index in [1.165, 1.54) is 35.1 Å². The van der Waals surface area contributed by atoms with Gasteiger partial charge in [0.2, 0.25) is 0 Å². The van der Waals surface area contributed by atoms with Crippen LogP contribution in [0.5, 0.6) is 0 Å². The van der Waals surface area contributed by atoms with Crippen LogP contribution in [0.25, 0.3) is 0 Å². The molecular weight excluding hydrogens is 398 g/mol. The standard InChI is InChI=1S/C28H37NO3/c1-18-15-23-24(28(5,6)12-11-27(23,3)4)17-21(18)16-22-7-8-25(32-22)26(31)29-13-9-20(10-14-29)19(2)30/h7-8,15,17,20H,9-14,16H2,1-6H3. The van der Waals surface area contributed by atoms with Crippen LogP contribution in [0.1, 0.15) is 98.9 Å². The summed E-state index contributed by atoms with van der Waals surface area (Å²) in [7, 11) is 0. The molecule has 4 rings (SSSR count). The van der Waals surface area contributed by atoms with E-state index in [1.807, 2.05) is 11.0 Å². The average molecular weight is 436 g/mol. The molecule has 2 heterocycles. The summed E-state index contributed by atoms with van der Waals surface area (Å²) in [4.78, 5) is 26.3. The number of hydrogen-bond acceptors (Lipinski definition) is 3. The lowest BCUT2D eigenvalue weighted by Gasteiger charge is -2.42. The maximum atomic E-state index is 12.9. The normalized spacial score (nSPS) is 20.1. The van der Waals surface area contributed by atoms with Crippen molar-refractivity contribution in [1.29, 1.82) is 0 Å². The second-order valence-corrected chi connectivity index (χ2v) is 11.2. The van der Waals surface area contributed by atoms with Gasteiger partial charge in [-0.25, -0.2) is 0 Å². The highest BCUT2D eigenvalue weighted by Gasteiger charge is 2.37. The zero-order valence-corrected chi connectivity index (χ0v) is 20.5. The summed E-state index contributed by atoms with van der Waals surface area (Å²) in [5.74, 6) is 1.47. The summed E-state index contributed by atoms with van der Waals surface area (Å²) in [5.41, 5.74) is 5.85. The number of hydrogen-bond donors (Lipinski definition) is 0. The van der Waals surface area contributed by atoms with E-state index in [9.17, 15) is 9.59 Å². The molecule has 32 heavy (non-hydrogen) atoms. The van der Waals surface area contributed by atoms with Gasteiger partial charge in [-0.3, -0.25) is 9.59 Å². The van der Waals surface area contributed by atoms with Crippen LogP contribution in [0.4, 0.5) is 0 Å². The number of benzene rings is 1. The zero-order valence-electron chi connectivity index (χ0n) is 20.5. The third-order valence-electron chi connectivity index (χ3n) is 7.90. The first-order valence-corrected chi connectivity index (χ1v) is 12.0. The highest BCUT2D eigenvalue weighted by atomic mass is 16.4. The topological polar surface area (TPSA) is 50.5 Å². The number of carbonyl (C=O) groups excluding carboxylic acids is 2. The number of amides is 1.